The second kappa shape index (κ2) is 8.43. The molecule has 0 bridgehead atoms. The molecule has 2 heterocycles. The lowest BCUT2D eigenvalue weighted by atomic mass is 10.2. The summed E-state index contributed by atoms with van der Waals surface area (Å²) in [4.78, 5) is 37.8. The van der Waals surface area contributed by atoms with Crippen LogP contribution in [0.2, 0.25) is 10.0 Å². The lowest BCUT2D eigenvalue weighted by Gasteiger charge is -2.14. The summed E-state index contributed by atoms with van der Waals surface area (Å²) in [7, 11) is 0. The van der Waals surface area contributed by atoms with Crippen molar-refractivity contribution in [1.29, 1.82) is 0 Å². The molecule has 1 atom stereocenters. The van der Waals surface area contributed by atoms with E-state index in [0.717, 1.165) is 23.1 Å². The number of carbonyl (C=O) groups excluding carboxylic acids is 3. The van der Waals surface area contributed by atoms with Gasteiger partial charge in [0.15, 0.2) is 0 Å². The third-order valence-corrected chi connectivity index (χ3v) is 5.45. The van der Waals surface area contributed by atoms with E-state index in [1.807, 2.05) is 0 Å². The molecule has 9 heteroatoms. The molecule has 26 heavy (non-hydrogen) atoms. The van der Waals surface area contributed by atoms with E-state index < -0.39 is 12.0 Å². The normalized spacial score (nSPS) is 21.7. The van der Waals surface area contributed by atoms with E-state index >= 15 is 0 Å². The molecule has 1 unspecified atom stereocenters. The summed E-state index contributed by atoms with van der Waals surface area (Å²) in [5.74, 6) is -0.615. The lowest BCUT2D eigenvalue weighted by Crippen LogP contribution is -2.40. The van der Waals surface area contributed by atoms with Gasteiger partial charge in [0.1, 0.15) is 6.10 Å². The summed E-state index contributed by atoms with van der Waals surface area (Å²) in [6.07, 6.45) is 2.68. The van der Waals surface area contributed by atoms with Gasteiger partial charge in [-0.1, -0.05) is 29.3 Å². The summed E-state index contributed by atoms with van der Waals surface area (Å²) in [6, 6.07) is 4.91. The highest BCUT2D eigenvalue weighted by atomic mass is 35.5. The number of imide groups is 1. The molecule has 0 saturated carbocycles. The predicted molar refractivity (Wildman–Crippen MR) is 101 cm³/mol. The maximum Gasteiger partial charge on any atom is 0.293 e. The van der Waals surface area contributed by atoms with Crippen LogP contribution in [-0.2, 0) is 14.3 Å². The Morgan fingerprint density at radius 1 is 1.38 bits per heavy atom. The van der Waals surface area contributed by atoms with Crippen molar-refractivity contribution in [3.8, 4) is 0 Å². The van der Waals surface area contributed by atoms with Crippen molar-refractivity contribution in [2.45, 2.75) is 18.9 Å². The minimum atomic E-state index is -0.433. The van der Waals surface area contributed by atoms with Gasteiger partial charge in [-0.15, -0.1) is 0 Å². The van der Waals surface area contributed by atoms with Crippen molar-refractivity contribution >= 4 is 58.1 Å². The average Bonchev–Trinajstić information content (AvgIpc) is 3.21. The summed E-state index contributed by atoms with van der Waals surface area (Å²) in [5.41, 5.74) is 0.605. The van der Waals surface area contributed by atoms with E-state index in [4.69, 9.17) is 27.9 Å². The van der Waals surface area contributed by atoms with E-state index in [1.165, 1.54) is 0 Å². The van der Waals surface area contributed by atoms with Gasteiger partial charge < -0.3 is 10.1 Å². The van der Waals surface area contributed by atoms with Gasteiger partial charge in [-0.25, -0.2) is 0 Å². The van der Waals surface area contributed by atoms with Crippen LogP contribution >= 0.6 is 35.0 Å². The maximum absolute atomic E-state index is 12.4. The number of rotatable bonds is 5. The number of amides is 3. The van der Waals surface area contributed by atoms with Crippen molar-refractivity contribution in [3.63, 3.8) is 0 Å². The Morgan fingerprint density at radius 2 is 2.19 bits per heavy atom. The van der Waals surface area contributed by atoms with Crippen molar-refractivity contribution < 1.29 is 19.1 Å². The standard InChI is InChI=1S/C17H16Cl2N2O4S/c18-11-4-3-10(12(19)9-11)8-14-16(23)21(17(24)26-14)6-5-20-15(22)13-2-1-7-25-13/h3-4,8-9,13H,1-2,5-7H2,(H,20,22)/b14-8-. The fraction of sp³-hybridized carbons (Fsp3) is 0.353. The molecule has 2 aliphatic rings. The Kier molecular flexibility index (Phi) is 6.24. The molecule has 3 rings (SSSR count). The van der Waals surface area contributed by atoms with Crippen LogP contribution in [-0.4, -0.2) is 47.8 Å². The van der Waals surface area contributed by atoms with Gasteiger partial charge in [0.05, 0.1) is 4.91 Å². The smallest absolute Gasteiger partial charge is 0.293 e. The predicted octanol–water partition coefficient (Wildman–Crippen LogP) is 3.32. The van der Waals surface area contributed by atoms with Gasteiger partial charge in [0.25, 0.3) is 11.1 Å². The molecule has 1 aromatic rings. The first-order valence-electron chi connectivity index (χ1n) is 8.05. The number of ether oxygens (including phenoxy) is 1. The highest BCUT2D eigenvalue weighted by Crippen LogP contribution is 2.33. The van der Waals surface area contributed by atoms with Gasteiger partial charge in [-0.05, 0) is 48.4 Å². The minimum Gasteiger partial charge on any atom is -0.368 e. The first-order valence-corrected chi connectivity index (χ1v) is 9.62. The number of hydrogen-bond acceptors (Lipinski definition) is 5. The van der Waals surface area contributed by atoms with Crippen molar-refractivity contribution in [1.82, 2.24) is 10.2 Å². The van der Waals surface area contributed by atoms with Gasteiger partial charge in [-0.3, -0.25) is 19.3 Å². The molecule has 2 saturated heterocycles. The van der Waals surface area contributed by atoms with Crippen LogP contribution in [0, 0.1) is 0 Å². The molecule has 0 aliphatic carbocycles. The third-order valence-electron chi connectivity index (χ3n) is 3.98. The van der Waals surface area contributed by atoms with Gasteiger partial charge in [0, 0.05) is 29.7 Å². The first kappa shape index (κ1) is 19.2. The molecule has 1 N–H and O–H groups in total. The topological polar surface area (TPSA) is 75.7 Å². The van der Waals surface area contributed by atoms with Crippen LogP contribution in [0.25, 0.3) is 6.08 Å². The van der Waals surface area contributed by atoms with E-state index in [1.54, 1.807) is 24.3 Å². The zero-order valence-electron chi connectivity index (χ0n) is 13.7. The SMILES string of the molecule is O=C(NCCN1C(=O)S/C(=C\c2ccc(Cl)cc2Cl)C1=O)C1CCCO1. The first-order chi connectivity index (χ1) is 12.5. The fourth-order valence-electron chi connectivity index (χ4n) is 2.64. The molecule has 2 aliphatic heterocycles. The summed E-state index contributed by atoms with van der Waals surface area (Å²) in [5, 5.41) is 3.21. The quantitative estimate of drug-likeness (QED) is 0.747. The highest BCUT2D eigenvalue weighted by Gasteiger charge is 2.35. The van der Waals surface area contributed by atoms with Crippen molar-refractivity contribution in [2.24, 2.45) is 0 Å². The van der Waals surface area contributed by atoms with E-state index in [2.05, 4.69) is 5.32 Å². The third kappa shape index (κ3) is 4.40. The van der Waals surface area contributed by atoms with Crippen molar-refractivity contribution in [3.05, 3.63) is 38.7 Å². The molecule has 0 spiro atoms. The van der Waals surface area contributed by atoms with E-state index in [0.29, 0.717) is 28.6 Å². The molecule has 6 nitrogen and oxygen atoms in total. The number of hydrogen-bond donors (Lipinski definition) is 1. The fourth-order valence-corrected chi connectivity index (χ4v) is 3.96. The van der Waals surface area contributed by atoms with Crippen LogP contribution < -0.4 is 5.32 Å². The van der Waals surface area contributed by atoms with Gasteiger partial charge in [-0.2, -0.15) is 0 Å². The number of thioether (sulfide) groups is 1. The van der Waals surface area contributed by atoms with Crippen molar-refractivity contribution in [2.75, 3.05) is 19.7 Å². The molecule has 138 valence electrons. The molecular weight excluding hydrogens is 399 g/mol. The van der Waals surface area contributed by atoms with Crippen LogP contribution in [0.3, 0.4) is 0 Å². The second-order valence-electron chi connectivity index (χ2n) is 5.79. The molecule has 3 amide bonds. The molecule has 0 radical (unpaired) electrons. The van der Waals surface area contributed by atoms with Gasteiger partial charge in [0.2, 0.25) is 5.91 Å². The Balaban J connectivity index is 1.59. The minimum absolute atomic E-state index is 0.106. The summed E-state index contributed by atoms with van der Waals surface area (Å²) in [6.45, 7) is 0.875. The number of nitrogens with one attached hydrogen (secondary N) is 1. The zero-order valence-corrected chi connectivity index (χ0v) is 16.0. The summed E-state index contributed by atoms with van der Waals surface area (Å²) < 4.78 is 5.29. The van der Waals surface area contributed by atoms with Gasteiger partial charge >= 0.3 is 0 Å². The number of carbonyl (C=O) groups is 3. The van der Waals surface area contributed by atoms with E-state index in [9.17, 15) is 14.4 Å². The number of halogens is 2. The lowest BCUT2D eigenvalue weighted by molar-refractivity contribution is -0.130. The Bertz CT molecular complexity index is 778. The van der Waals surface area contributed by atoms with E-state index in [-0.39, 0.29) is 29.1 Å². The molecule has 0 aromatic heterocycles. The Hall–Kier alpha value is -1.54. The zero-order chi connectivity index (χ0) is 18.7. The summed E-state index contributed by atoms with van der Waals surface area (Å²) >= 11 is 12.8. The average molecular weight is 415 g/mol. The van der Waals surface area contributed by atoms with Crippen LogP contribution in [0.4, 0.5) is 4.79 Å². The maximum atomic E-state index is 12.4. The Morgan fingerprint density at radius 3 is 2.88 bits per heavy atom. The second-order valence-corrected chi connectivity index (χ2v) is 7.63. The number of benzene rings is 1. The molecular formula is C17H16Cl2N2O4S. The Labute approximate surface area is 164 Å². The van der Waals surface area contributed by atoms with Crippen LogP contribution in [0.5, 0.6) is 0 Å². The molecule has 1 aromatic carbocycles. The monoisotopic (exact) mass is 414 g/mol. The molecule has 2 fully saturated rings. The largest absolute Gasteiger partial charge is 0.368 e. The number of nitrogens with zero attached hydrogens (tertiary/aromatic N) is 1. The highest BCUT2D eigenvalue weighted by molar-refractivity contribution is 8.18. The van der Waals surface area contributed by atoms with Crippen LogP contribution in [0.15, 0.2) is 23.1 Å². The van der Waals surface area contributed by atoms with Crippen LogP contribution in [0.1, 0.15) is 18.4 Å².